The molecule has 0 bridgehead atoms. The number of hydrogen-bond acceptors (Lipinski definition) is 2. The molecule has 27 heavy (non-hydrogen) atoms. The molecule has 0 aliphatic heterocycles. The van der Waals surface area contributed by atoms with Crippen molar-refractivity contribution in [1.82, 2.24) is 4.57 Å². The maximum Gasteiger partial charge on any atom is 0.195 e. The Balaban J connectivity index is 1.82. The Hall–Kier alpha value is -3.59. The van der Waals surface area contributed by atoms with E-state index < -0.39 is 0 Å². The number of aromatic nitrogens is 1. The van der Waals surface area contributed by atoms with Gasteiger partial charge in [0.05, 0.1) is 12.8 Å². The van der Waals surface area contributed by atoms with Crippen molar-refractivity contribution < 1.29 is 9.53 Å². The van der Waals surface area contributed by atoms with Crippen molar-refractivity contribution in [2.45, 2.75) is 0 Å². The molecule has 0 fully saturated rings. The molecular formula is C24H17NO2. The Labute approximate surface area is 157 Å². The molecule has 3 aromatic carbocycles. The predicted molar refractivity (Wildman–Crippen MR) is 107 cm³/mol. The third kappa shape index (κ3) is 2.32. The van der Waals surface area contributed by atoms with Crippen LogP contribution in [0, 0.1) is 0 Å². The lowest BCUT2D eigenvalue weighted by Crippen LogP contribution is -1.99. The van der Waals surface area contributed by atoms with Gasteiger partial charge in [-0.1, -0.05) is 42.5 Å². The van der Waals surface area contributed by atoms with E-state index >= 15 is 0 Å². The fourth-order valence-electron chi connectivity index (χ4n) is 3.82. The summed E-state index contributed by atoms with van der Waals surface area (Å²) in [7, 11) is 1.66. The standard InChI is InChI=1S/C24H17NO2/c1-27-18-13-11-16(12-14-18)23-22-19-9-5-6-10-20(19)24(26)21(22)15-25(23)17-7-3-2-4-8-17/h2-15H,1H3. The fourth-order valence-corrected chi connectivity index (χ4v) is 3.82. The first kappa shape index (κ1) is 15.6. The number of hydrogen-bond donors (Lipinski definition) is 0. The van der Waals surface area contributed by atoms with E-state index in [1.807, 2.05) is 72.9 Å². The Morgan fingerprint density at radius 1 is 0.741 bits per heavy atom. The van der Waals surface area contributed by atoms with E-state index in [1.165, 1.54) is 0 Å². The minimum atomic E-state index is 0.0880. The van der Waals surface area contributed by atoms with Crippen LogP contribution in [0.2, 0.25) is 0 Å². The van der Waals surface area contributed by atoms with Crippen LogP contribution in [0.1, 0.15) is 15.9 Å². The van der Waals surface area contributed by atoms with E-state index in [9.17, 15) is 4.79 Å². The molecule has 130 valence electrons. The summed E-state index contributed by atoms with van der Waals surface area (Å²) in [4.78, 5) is 13.0. The smallest absolute Gasteiger partial charge is 0.195 e. The van der Waals surface area contributed by atoms with E-state index in [0.29, 0.717) is 0 Å². The number of carbonyl (C=O) groups excluding carboxylic acids is 1. The zero-order valence-corrected chi connectivity index (χ0v) is 14.8. The Kier molecular flexibility index (Phi) is 3.47. The maximum atomic E-state index is 13.0. The molecule has 0 saturated carbocycles. The van der Waals surface area contributed by atoms with Crippen molar-refractivity contribution in [1.29, 1.82) is 0 Å². The summed E-state index contributed by atoms with van der Waals surface area (Å²) in [5.74, 6) is 0.898. The van der Waals surface area contributed by atoms with Crippen LogP contribution in [0.5, 0.6) is 5.75 Å². The highest BCUT2D eigenvalue weighted by Crippen LogP contribution is 2.45. The second kappa shape index (κ2) is 5.99. The minimum absolute atomic E-state index is 0.0880. The molecule has 3 nitrogen and oxygen atoms in total. The normalized spacial score (nSPS) is 12.0. The molecule has 1 heterocycles. The molecule has 0 unspecified atom stereocenters. The molecule has 0 saturated heterocycles. The number of nitrogens with zero attached hydrogens (tertiary/aromatic N) is 1. The number of para-hydroxylation sites is 1. The third-order valence-electron chi connectivity index (χ3n) is 5.09. The summed E-state index contributed by atoms with van der Waals surface area (Å²) in [5, 5.41) is 0. The number of rotatable bonds is 3. The van der Waals surface area contributed by atoms with E-state index in [2.05, 4.69) is 16.7 Å². The molecule has 5 rings (SSSR count). The second-order valence-electron chi connectivity index (χ2n) is 6.58. The summed E-state index contributed by atoms with van der Waals surface area (Å²) in [6.07, 6.45) is 1.96. The number of methoxy groups -OCH3 is 1. The van der Waals surface area contributed by atoms with Gasteiger partial charge in [-0.25, -0.2) is 0 Å². The molecule has 1 aliphatic rings. The van der Waals surface area contributed by atoms with Crippen molar-refractivity contribution in [3.8, 4) is 33.8 Å². The number of carbonyl (C=O) groups is 1. The van der Waals surface area contributed by atoms with Crippen LogP contribution in [0.15, 0.2) is 85.1 Å². The van der Waals surface area contributed by atoms with Gasteiger partial charge in [-0.05, 0) is 47.5 Å². The van der Waals surface area contributed by atoms with Crippen LogP contribution in [-0.2, 0) is 0 Å². The zero-order valence-electron chi connectivity index (χ0n) is 14.8. The first-order valence-electron chi connectivity index (χ1n) is 8.87. The molecule has 0 spiro atoms. The molecule has 0 amide bonds. The first-order valence-corrected chi connectivity index (χ1v) is 8.87. The van der Waals surface area contributed by atoms with Crippen LogP contribution in [-0.4, -0.2) is 17.5 Å². The van der Waals surface area contributed by atoms with E-state index in [0.717, 1.165) is 44.9 Å². The summed E-state index contributed by atoms with van der Waals surface area (Å²) in [6, 6.07) is 25.9. The largest absolute Gasteiger partial charge is 0.497 e. The van der Waals surface area contributed by atoms with E-state index in [-0.39, 0.29) is 5.78 Å². The van der Waals surface area contributed by atoms with E-state index in [1.54, 1.807) is 7.11 Å². The van der Waals surface area contributed by atoms with Gasteiger partial charge in [0.1, 0.15) is 5.75 Å². The highest BCUT2D eigenvalue weighted by molar-refractivity contribution is 6.24. The van der Waals surface area contributed by atoms with Crippen molar-refractivity contribution >= 4 is 5.78 Å². The monoisotopic (exact) mass is 351 g/mol. The molecule has 4 aromatic rings. The first-order chi connectivity index (χ1) is 13.3. The zero-order chi connectivity index (χ0) is 18.4. The van der Waals surface area contributed by atoms with Crippen molar-refractivity contribution in [3.05, 3.63) is 96.2 Å². The summed E-state index contributed by atoms with van der Waals surface area (Å²) in [6.45, 7) is 0. The molecule has 0 radical (unpaired) electrons. The SMILES string of the molecule is COc1ccc(-c2c3c(cn2-c2ccccc2)C(=O)c2ccccc2-3)cc1. The van der Waals surface area contributed by atoms with Crippen LogP contribution in [0.3, 0.4) is 0 Å². The van der Waals surface area contributed by atoms with Crippen molar-refractivity contribution in [2.75, 3.05) is 7.11 Å². The molecular weight excluding hydrogens is 334 g/mol. The van der Waals surface area contributed by atoms with Gasteiger partial charge >= 0.3 is 0 Å². The summed E-state index contributed by atoms with van der Waals surface area (Å²) in [5.41, 5.74) is 6.64. The van der Waals surface area contributed by atoms with Gasteiger partial charge in [0.15, 0.2) is 5.78 Å². The lowest BCUT2D eigenvalue weighted by molar-refractivity contribution is 0.104. The lowest BCUT2D eigenvalue weighted by atomic mass is 10.0. The van der Waals surface area contributed by atoms with E-state index in [4.69, 9.17) is 4.74 Å². The Morgan fingerprint density at radius 3 is 2.11 bits per heavy atom. The number of ketones is 1. The molecule has 1 aliphatic carbocycles. The van der Waals surface area contributed by atoms with Crippen LogP contribution in [0.4, 0.5) is 0 Å². The highest BCUT2D eigenvalue weighted by atomic mass is 16.5. The van der Waals surface area contributed by atoms with Gasteiger partial charge < -0.3 is 9.30 Å². The number of benzene rings is 3. The second-order valence-corrected chi connectivity index (χ2v) is 6.58. The maximum absolute atomic E-state index is 13.0. The number of ether oxygens (including phenoxy) is 1. The topological polar surface area (TPSA) is 31.2 Å². The van der Waals surface area contributed by atoms with Crippen molar-refractivity contribution in [3.63, 3.8) is 0 Å². The quantitative estimate of drug-likeness (QED) is 0.438. The van der Waals surface area contributed by atoms with Gasteiger partial charge in [0, 0.05) is 28.6 Å². The average Bonchev–Trinajstić information content (AvgIpc) is 3.25. The molecule has 3 heteroatoms. The van der Waals surface area contributed by atoms with Crippen molar-refractivity contribution in [2.24, 2.45) is 0 Å². The van der Waals surface area contributed by atoms with Crippen LogP contribution in [0.25, 0.3) is 28.1 Å². The van der Waals surface area contributed by atoms with Gasteiger partial charge in [0.2, 0.25) is 0 Å². The Bertz CT molecular complexity index is 1150. The highest BCUT2D eigenvalue weighted by Gasteiger charge is 2.32. The summed E-state index contributed by atoms with van der Waals surface area (Å²) >= 11 is 0. The predicted octanol–water partition coefficient (Wildman–Crippen LogP) is 5.36. The molecule has 0 N–H and O–H groups in total. The van der Waals surface area contributed by atoms with Gasteiger partial charge in [-0.15, -0.1) is 0 Å². The average molecular weight is 351 g/mol. The summed E-state index contributed by atoms with van der Waals surface area (Å²) < 4.78 is 7.42. The van der Waals surface area contributed by atoms with Gasteiger partial charge in [0.25, 0.3) is 0 Å². The number of fused-ring (bicyclic) bond motifs is 3. The van der Waals surface area contributed by atoms with Gasteiger partial charge in [-0.2, -0.15) is 0 Å². The van der Waals surface area contributed by atoms with Gasteiger partial charge in [-0.3, -0.25) is 4.79 Å². The Morgan fingerprint density at radius 2 is 1.41 bits per heavy atom. The lowest BCUT2D eigenvalue weighted by Gasteiger charge is -2.13. The minimum Gasteiger partial charge on any atom is -0.497 e. The third-order valence-corrected chi connectivity index (χ3v) is 5.09. The molecule has 0 atom stereocenters. The van der Waals surface area contributed by atoms with Crippen LogP contribution >= 0.6 is 0 Å². The molecule has 1 aromatic heterocycles. The fraction of sp³-hybridized carbons (Fsp3) is 0.0417. The van der Waals surface area contributed by atoms with Crippen LogP contribution < -0.4 is 4.74 Å².